The van der Waals surface area contributed by atoms with Gasteiger partial charge in [-0.25, -0.2) is 9.78 Å². The molecule has 0 unspecified atom stereocenters. The van der Waals surface area contributed by atoms with Crippen molar-refractivity contribution in [3.8, 4) is 5.69 Å². The number of fused-ring (bicyclic) bond motifs is 1. The minimum atomic E-state index is -0.562. The van der Waals surface area contributed by atoms with Crippen LogP contribution >= 0.6 is 11.6 Å². The minimum Gasteiger partial charge on any atom is -0.308 e. The molecule has 2 aromatic carbocycles. The van der Waals surface area contributed by atoms with Gasteiger partial charge >= 0.3 is 6.03 Å². The fraction of sp³-hybridized carbons (Fsp3) is 0.150. The van der Waals surface area contributed by atoms with E-state index in [1.165, 1.54) is 21.9 Å². The number of nitrogens with zero attached hydrogens (tertiary/aromatic N) is 2. The number of aromatic nitrogens is 2. The van der Waals surface area contributed by atoms with Gasteiger partial charge in [-0.1, -0.05) is 23.7 Å². The summed E-state index contributed by atoms with van der Waals surface area (Å²) in [5.41, 5.74) is 3.50. The lowest BCUT2D eigenvalue weighted by Crippen LogP contribution is -2.28. The topological polar surface area (TPSA) is 76.0 Å². The molecule has 27 heavy (non-hydrogen) atoms. The molecule has 136 valence electrons. The van der Waals surface area contributed by atoms with Gasteiger partial charge in [-0.05, 0) is 60.7 Å². The van der Waals surface area contributed by atoms with Crippen LogP contribution in [0, 0.1) is 0 Å². The second-order valence-electron chi connectivity index (χ2n) is 6.35. The van der Waals surface area contributed by atoms with Crippen LogP contribution in [0.5, 0.6) is 0 Å². The molecule has 0 saturated carbocycles. The number of aryl methyl sites for hydroxylation is 2. The highest BCUT2D eigenvalue weighted by molar-refractivity contribution is 6.30. The maximum Gasteiger partial charge on any atom is 0.325 e. The van der Waals surface area contributed by atoms with Crippen molar-refractivity contribution >= 4 is 29.1 Å². The predicted molar refractivity (Wildman–Crippen MR) is 106 cm³/mol. The Morgan fingerprint density at radius 3 is 2.78 bits per heavy atom. The normalized spacial score (nSPS) is 12.5. The lowest BCUT2D eigenvalue weighted by Gasteiger charge is -2.11. The van der Waals surface area contributed by atoms with Gasteiger partial charge in [-0.3, -0.25) is 14.7 Å². The molecule has 1 aliphatic carbocycles. The van der Waals surface area contributed by atoms with Crippen molar-refractivity contribution in [1.82, 2.24) is 9.55 Å². The second kappa shape index (κ2) is 7.25. The Bertz CT molecular complexity index is 1080. The Hall–Kier alpha value is -3.12. The predicted octanol–water partition coefficient (Wildman–Crippen LogP) is 4.02. The van der Waals surface area contributed by atoms with Crippen LogP contribution in [0.2, 0.25) is 5.02 Å². The largest absolute Gasteiger partial charge is 0.325 e. The smallest absolute Gasteiger partial charge is 0.308 e. The zero-order valence-corrected chi connectivity index (χ0v) is 15.2. The first-order valence-corrected chi connectivity index (χ1v) is 9.01. The first-order chi connectivity index (χ1) is 13.1. The molecular weight excluding hydrogens is 364 g/mol. The molecule has 0 aliphatic heterocycles. The van der Waals surface area contributed by atoms with Gasteiger partial charge in [-0.2, -0.15) is 0 Å². The molecule has 0 fully saturated rings. The Kier molecular flexibility index (Phi) is 4.64. The zero-order valence-electron chi connectivity index (χ0n) is 14.4. The molecule has 1 aromatic heterocycles. The highest BCUT2D eigenvalue weighted by Crippen LogP contribution is 2.24. The summed E-state index contributed by atoms with van der Waals surface area (Å²) in [5, 5.41) is 5.64. The molecule has 0 radical (unpaired) electrons. The summed E-state index contributed by atoms with van der Waals surface area (Å²) in [6.45, 7) is 0. The van der Waals surface area contributed by atoms with Crippen LogP contribution < -0.4 is 16.2 Å². The summed E-state index contributed by atoms with van der Waals surface area (Å²) >= 11 is 5.91. The van der Waals surface area contributed by atoms with Crippen molar-refractivity contribution in [3.05, 3.63) is 81.4 Å². The average Bonchev–Trinajstić information content (AvgIpc) is 3.11. The minimum absolute atomic E-state index is 0.0440. The lowest BCUT2D eigenvalue weighted by atomic mass is 10.1. The van der Waals surface area contributed by atoms with E-state index >= 15 is 0 Å². The second-order valence-corrected chi connectivity index (χ2v) is 6.78. The lowest BCUT2D eigenvalue weighted by molar-refractivity contribution is 0.262. The van der Waals surface area contributed by atoms with Gasteiger partial charge in [0, 0.05) is 28.8 Å². The summed E-state index contributed by atoms with van der Waals surface area (Å²) in [4.78, 5) is 28.9. The van der Waals surface area contributed by atoms with Gasteiger partial charge in [0.2, 0.25) is 5.82 Å². The monoisotopic (exact) mass is 380 g/mol. The Labute approximate surface area is 160 Å². The van der Waals surface area contributed by atoms with Crippen molar-refractivity contribution < 1.29 is 4.79 Å². The summed E-state index contributed by atoms with van der Waals surface area (Å²) in [6, 6.07) is 12.2. The number of carbonyl (C=O) groups excluding carboxylic acids is 1. The van der Waals surface area contributed by atoms with E-state index in [-0.39, 0.29) is 5.82 Å². The maximum atomic E-state index is 12.7. The maximum absolute atomic E-state index is 12.7. The molecule has 2 amide bonds. The van der Waals surface area contributed by atoms with Crippen LogP contribution in [0.15, 0.2) is 59.7 Å². The summed E-state index contributed by atoms with van der Waals surface area (Å²) in [5.74, 6) is -0.0440. The number of amides is 2. The molecule has 0 bridgehead atoms. The van der Waals surface area contributed by atoms with E-state index in [0.717, 1.165) is 24.9 Å². The number of hydrogen-bond donors (Lipinski definition) is 2. The number of hydrogen-bond acceptors (Lipinski definition) is 3. The van der Waals surface area contributed by atoms with E-state index in [2.05, 4.69) is 21.7 Å². The van der Waals surface area contributed by atoms with E-state index in [4.69, 9.17) is 11.6 Å². The highest BCUT2D eigenvalue weighted by atomic mass is 35.5. The van der Waals surface area contributed by atoms with Crippen molar-refractivity contribution in [3.63, 3.8) is 0 Å². The third kappa shape index (κ3) is 3.71. The molecule has 0 spiro atoms. The standard InChI is InChI=1S/C20H17ClN4O2/c21-15-5-2-6-16(12-15)23-20(27)24-18-19(26)25(10-9-22-18)17-8-7-13-3-1-4-14(13)11-17/h2,5-12H,1,3-4H2,(H2,22,23,24,27). The van der Waals surface area contributed by atoms with Crippen molar-refractivity contribution in [1.29, 1.82) is 0 Å². The van der Waals surface area contributed by atoms with Crippen LogP contribution in [-0.2, 0) is 12.8 Å². The summed E-state index contributed by atoms with van der Waals surface area (Å²) in [7, 11) is 0. The van der Waals surface area contributed by atoms with Gasteiger partial charge in [0.25, 0.3) is 5.56 Å². The SMILES string of the molecule is O=C(Nc1cccc(Cl)c1)Nc1nccn(-c2ccc3c(c2)CCC3)c1=O. The molecular formula is C20H17ClN4O2. The number of anilines is 2. The zero-order chi connectivity index (χ0) is 18.8. The van der Waals surface area contributed by atoms with Gasteiger partial charge in [0.15, 0.2) is 0 Å². The molecule has 1 heterocycles. The quantitative estimate of drug-likeness (QED) is 0.720. The third-order valence-electron chi connectivity index (χ3n) is 4.52. The molecule has 6 nitrogen and oxygen atoms in total. The number of halogens is 1. The fourth-order valence-corrected chi connectivity index (χ4v) is 3.44. The van der Waals surface area contributed by atoms with Crippen LogP contribution in [0.1, 0.15) is 17.5 Å². The molecule has 2 N–H and O–H groups in total. The first kappa shape index (κ1) is 17.3. The van der Waals surface area contributed by atoms with Gasteiger partial charge < -0.3 is 5.32 Å². The van der Waals surface area contributed by atoms with Gasteiger partial charge in [-0.15, -0.1) is 0 Å². The molecule has 1 aliphatic rings. The first-order valence-electron chi connectivity index (χ1n) is 8.63. The van der Waals surface area contributed by atoms with Crippen molar-refractivity contribution in [2.75, 3.05) is 10.6 Å². The van der Waals surface area contributed by atoms with Crippen LogP contribution in [0.25, 0.3) is 5.69 Å². The number of urea groups is 1. The Morgan fingerprint density at radius 2 is 1.93 bits per heavy atom. The van der Waals surface area contributed by atoms with E-state index in [0.29, 0.717) is 10.7 Å². The molecule has 7 heteroatoms. The van der Waals surface area contributed by atoms with Crippen LogP contribution in [0.4, 0.5) is 16.3 Å². The molecule has 4 rings (SSSR count). The van der Waals surface area contributed by atoms with E-state index in [1.807, 2.05) is 12.1 Å². The number of nitrogens with one attached hydrogen (secondary N) is 2. The number of rotatable bonds is 3. The van der Waals surface area contributed by atoms with Crippen LogP contribution in [0.3, 0.4) is 0 Å². The molecule has 0 saturated heterocycles. The number of carbonyl (C=O) groups is 1. The average molecular weight is 381 g/mol. The molecule has 0 atom stereocenters. The third-order valence-corrected chi connectivity index (χ3v) is 4.75. The van der Waals surface area contributed by atoms with Crippen molar-refractivity contribution in [2.24, 2.45) is 0 Å². The van der Waals surface area contributed by atoms with Gasteiger partial charge in [0.1, 0.15) is 0 Å². The fourth-order valence-electron chi connectivity index (χ4n) is 3.24. The summed E-state index contributed by atoms with van der Waals surface area (Å²) < 4.78 is 1.49. The van der Waals surface area contributed by atoms with E-state index < -0.39 is 11.6 Å². The Balaban J connectivity index is 1.57. The Morgan fingerprint density at radius 1 is 1.07 bits per heavy atom. The van der Waals surface area contributed by atoms with E-state index in [1.54, 1.807) is 30.5 Å². The highest BCUT2D eigenvalue weighted by Gasteiger charge is 2.14. The number of benzene rings is 2. The van der Waals surface area contributed by atoms with E-state index in [9.17, 15) is 9.59 Å². The van der Waals surface area contributed by atoms with Crippen molar-refractivity contribution in [2.45, 2.75) is 19.3 Å². The van der Waals surface area contributed by atoms with Gasteiger partial charge in [0.05, 0.1) is 0 Å². The molecule has 3 aromatic rings. The van der Waals surface area contributed by atoms with Crippen LogP contribution in [-0.4, -0.2) is 15.6 Å². The summed E-state index contributed by atoms with van der Waals surface area (Å²) in [6.07, 6.45) is 6.33.